The fourth-order valence-electron chi connectivity index (χ4n) is 0.916. The maximum Gasteiger partial charge on any atom is 0.176 e. The summed E-state index contributed by atoms with van der Waals surface area (Å²) in [5, 5.41) is 7.16. The number of halogens is 1. The second kappa shape index (κ2) is 5.68. The molecule has 0 radical (unpaired) electrons. The highest BCUT2D eigenvalue weighted by Gasteiger charge is 1.97. The first-order chi connectivity index (χ1) is 7.11. The zero-order valence-electron chi connectivity index (χ0n) is 8.54. The summed E-state index contributed by atoms with van der Waals surface area (Å²) in [4.78, 5) is 3.94. The Bertz CT molecular complexity index is 373. The number of benzene rings is 1. The lowest BCUT2D eigenvalue weighted by Gasteiger charge is -2.09. The van der Waals surface area contributed by atoms with Gasteiger partial charge in [-0.2, -0.15) is 0 Å². The predicted octanol–water partition coefficient (Wildman–Crippen LogP) is 2.67. The van der Waals surface area contributed by atoms with Crippen LogP contribution in [-0.2, 0) is 0 Å². The number of nitrogens with zero attached hydrogens (tertiary/aromatic N) is 1. The molecule has 1 rings (SSSR count). The molecule has 2 N–H and O–H groups in total. The Balaban J connectivity index is 2.55. The van der Waals surface area contributed by atoms with E-state index in [1.807, 2.05) is 19.1 Å². The van der Waals surface area contributed by atoms with Gasteiger partial charge in [0.15, 0.2) is 5.11 Å². The van der Waals surface area contributed by atoms with Gasteiger partial charge in [0, 0.05) is 17.8 Å². The molecule has 0 heterocycles. The van der Waals surface area contributed by atoms with Crippen molar-refractivity contribution in [2.45, 2.75) is 6.92 Å². The summed E-state index contributed by atoms with van der Waals surface area (Å²) in [7, 11) is 1.70. The molecule has 0 unspecified atom stereocenters. The van der Waals surface area contributed by atoms with Gasteiger partial charge in [0.2, 0.25) is 0 Å². The van der Waals surface area contributed by atoms with Crippen molar-refractivity contribution < 1.29 is 0 Å². The van der Waals surface area contributed by atoms with Crippen molar-refractivity contribution in [2.75, 3.05) is 12.4 Å². The van der Waals surface area contributed by atoms with E-state index in [-0.39, 0.29) is 0 Å². The van der Waals surface area contributed by atoms with Gasteiger partial charge >= 0.3 is 0 Å². The molecule has 0 aliphatic carbocycles. The van der Waals surface area contributed by atoms with E-state index in [1.54, 1.807) is 19.2 Å². The van der Waals surface area contributed by atoms with E-state index in [1.165, 1.54) is 0 Å². The molecule has 0 fully saturated rings. The van der Waals surface area contributed by atoms with Gasteiger partial charge in [-0.05, 0) is 43.4 Å². The number of hydrogen-bond acceptors (Lipinski definition) is 2. The quantitative estimate of drug-likeness (QED) is 0.451. The molecule has 0 aliphatic heterocycles. The first kappa shape index (κ1) is 11.9. The monoisotopic (exact) mass is 241 g/mol. The minimum Gasteiger partial charge on any atom is -0.332 e. The van der Waals surface area contributed by atoms with Crippen LogP contribution in [0.4, 0.5) is 5.69 Å². The van der Waals surface area contributed by atoms with Gasteiger partial charge in [0.1, 0.15) is 0 Å². The highest BCUT2D eigenvalue weighted by molar-refractivity contribution is 7.80. The lowest BCUT2D eigenvalue weighted by molar-refractivity contribution is 1.28. The third-order valence-electron chi connectivity index (χ3n) is 1.73. The van der Waals surface area contributed by atoms with Gasteiger partial charge in [-0.15, -0.1) is 0 Å². The van der Waals surface area contributed by atoms with Crippen LogP contribution in [0.5, 0.6) is 0 Å². The van der Waals surface area contributed by atoms with E-state index in [0.717, 1.165) is 11.5 Å². The fraction of sp³-hybridized carbons (Fsp3) is 0.200. The SMILES string of the molecule is CN=C(C)NC(=S)Nc1ccc(Cl)cc1. The average Bonchev–Trinajstić information content (AvgIpc) is 2.21. The minimum atomic E-state index is 0.514. The standard InChI is InChI=1S/C10H12ClN3S/c1-7(12-2)13-10(15)14-9-5-3-8(11)4-6-9/h3-6H,1-2H3,(H2,12,13,14,15). The van der Waals surface area contributed by atoms with Crippen molar-refractivity contribution in [3.8, 4) is 0 Å². The number of thiocarbonyl (C=S) groups is 1. The van der Waals surface area contributed by atoms with E-state index >= 15 is 0 Å². The summed E-state index contributed by atoms with van der Waals surface area (Å²) in [6.07, 6.45) is 0. The second-order valence-corrected chi connectivity index (χ2v) is 3.74. The third kappa shape index (κ3) is 4.27. The van der Waals surface area contributed by atoms with Crippen LogP contribution in [-0.4, -0.2) is 18.0 Å². The van der Waals surface area contributed by atoms with Crippen LogP contribution in [0.3, 0.4) is 0 Å². The van der Waals surface area contributed by atoms with E-state index < -0.39 is 0 Å². The Morgan fingerprint density at radius 3 is 2.47 bits per heavy atom. The highest BCUT2D eigenvalue weighted by atomic mass is 35.5. The van der Waals surface area contributed by atoms with Gasteiger partial charge in [-0.25, -0.2) is 0 Å². The number of hydrogen-bond donors (Lipinski definition) is 2. The van der Waals surface area contributed by atoms with Crippen LogP contribution < -0.4 is 10.6 Å². The molecule has 0 saturated heterocycles. The predicted molar refractivity (Wildman–Crippen MR) is 69.8 cm³/mol. The molecule has 0 bridgehead atoms. The van der Waals surface area contributed by atoms with Crippen LogP contribution in [0.1, 0.15) is 6.92 Å². The van der Waals surface area contributed by atoms with E-state index in [9.17, 15) is 0 Å². The largest absolute Gasteiger partial charge is 0.332 e. The maximum absolute atomic E-state index is 5.76. The smallest absolute Gasteiger partial charge is 0.176 e. The zero-order valence-corrected chi connectivity index (χ0v) is 10.1. The summed E-state index contributed by atoms with van der Waals surface area (Å²) in [6.45, 7) is 1.84. The van der Waals surface area contributed by atoms with Crippen molar-refractivity contribution in [3.05, 3.63) is 29.3 Å². The van der Waals surface area contributed by atoms with Crippen molar-refractivity contribution >= 4 is 40.5 Å². The molecule has 0 saturated carbocycles. The minimum absolute atomic E-state index is 0.514. The molecular weight excluding hydrogens is 230 g/mol. The summed E-state index contributed by atoms with van der Waals surface area (Å²) in [6, 6.07) is 7.31. The third-order valence-corrected chi connectivity index (χ3v) is 2.19. The molecule has 15 heavy (non-hydrogen) atoms. The zero-order chi connectivity index (χ0) is 11.3. The van der Waals surface area contributed by atoms with Crippen LogP contribution in [0.25, 0.3) is 0 Å². The average molecular weight is 242 g/mol. The van der Waals surface area contributed by atoms with Gasteiger partial charge < -0.3 is 10.6 Å². The Hall–Kier alpha value is -1.13. The maximum atomic E-state index is 5.76. The number of amidine groups is 1. The first-order valence-corrected chi connectivity index (χ1v) is 5.17. The Morgan fingerprint density at radius 2 is 1.93 bits per heavy atom. The van der Waals surface area contributed by atoms with Crippen molar-refractivity contribution in [3.63, 3.8) is 0 Å². The van der Waals surface area contributed by atoms with E-state index in [0.29, 0.717) is 10.1 Å². The molecular formula is C10H12ClN3S. The van der Waals surface area contributed by atoms with Gasteiger partial charge in [0.05, 0.1) is 5.84 Å². The Morgan fingerprint density at radius 1 is 1.33 bits per heavy atom. The molecule has 1 aromatic rings. The van der Waals surface area contributed by atoms with E-state index in [2.05, 4.69) is 15.6 Å². The van der Waals surface area contributed by atoms with Crippen LogP contribution in [0.2, 0.25) is 5.02 Å². The van der Waals surface area contributed by atoms with Gasteiger partial charge in [0.25, 0.3) is 0 Å². The molecule has 1 aromatic carbocycles. The number of rotatable bonds is 1. The summed E-state index contributed by atoms with van der Waals surface area (Å²) in [5.74, 6) is 0.765. The van der Waals surface area contributed by atoms with Gasteiger partial charge in [-0.1, -0.05) is 11.6 Å². The van der Waals surface area contributed by atoms with Crippen LogP contribution >= 0.6 is 23.8 Å². The molecule has 0 amide bonds. The lowest BCUT2D eigenvalue weighted by Crippen LogP contribution is -2.32. The number of nitrogens with one attached hydrogen (secondary N) is 2. The fourth-order valence-corrected chi connectivity index (χ4v) is 1.31. The molecule has 0 atom stereocenters. The Kier molecular flexibility index (Phi) is 4.52. The molecule has 0 spiro atoms. The van der Waals surface area contributed by atoms with Crippen LogP contribution in [0.15, 0.2) is 29.3 Å². The molecule has 80 valence electrons. The van der Waals surface area contributed by atoms with Crippen LogP contribution in [0, 0.1) is 0 Å². The second-order valence-electron chi connectivity index (χ2n) is 2.90. The van der Waals surface area contributed by atoms with Gasteiger partial charge in [-0.3, -0.25) is 4.99 Å². The van der Waals surface area contributed by atoms with E-state index in [4.69, 9.17) is 23.8 Å². The number of anilines is 1. The topological polar surface area (TPSA) is 36.4 Å². The normalized spacial score (nSPS) is 11.0. The summed E-state index contributed by atoms with van der Waals surface area (Å²) < 4.78 is 0. The summed E-state index contributed by atoms with van der Waals surface area (Å²) >= 11 is 10.8. The summed E-state index contributed by atoms with van der Waals surface area (Å²) in [5.41, 5.74) is 0.890. The molecule has 3 nitrogen and oxygen atoms in total. The lowest BCUT2D eigenvalue weighted by atomic mass is 10.3. The van der Waals surface area contributed by atoms with Crippen molar-refractivity contribution in [2.24, 2.45) is 4.99 Å². The Labute approximate surface area is 99.5 Å². The number of aliphatic imine (C=N–C) groups is 1. The first-order valence-electron chi connectivity index (χ1n) is 4.39. The molecule has 0 aliphatic rings. The highest BCUT2D eigenvalue weighted by Crippen LogP contribution is 2.12. The molecule has 5 heteroatoms. The molecule has 0 aromatic heterocycles. The van der Waals surface area contributed by atoms with Crippen molar-refractivity contribution in [1.29, 1.82) is 0 Å². The van der Waals surface area contributed by atoms with Crippen molar-refractivity contribution in [1.82, 2.24) is 5.32 Å².